The maximum atomic E-state index is 10.8. The van der Waals surface area contributed by atoms with Crippen molar-refractivity contribution in [3.05, 3.63) is 28.5 Å². The molecule has 0 aliphatic heterocycles. The number of nitrogens with zero attached hydrogens (tertiary/aromatic N) is 1. The Morgan fingerprint density at radius 2 is 2.33 bits per heavy atom. The summed E-state index contributed by atoms with van der Waals surface area (Å²) in [6.45, 7) is 0. The number of rotatable bonds is 2. The third-order valence-electron chi connectivity index (χ3n) is 2.24. The van der Waals surface area contributed by atoms with Gasteiger partial charge in [0, 0.05) is 10.7 Å². The van der Waals surface area contributed by atoms with Gasteiger partial charge in [-0.25, -0.2) is 0 Å². The molecule has 0 saturated heterocycles. The zero-order chi connectivity index (χ0) is 8.60. The second kappa shape index (κ2) is 2.66. The van der Waals surface area contributed by atoms with Crippen molar-refractivity contribution in [2.24, 2.45) is 0 Å². The number of carbonyl (C=O) groups is 1. The largest absolute Gasteiger partial charge is 0.302 e. The molecule has 0 unspecified atom stereocenters. The molecule has 2 rings (SSSR count). The number of hydrogen-bond acceptors (Lipinski definition) is 2. The first-order valence-electron chi connectivity index (χ1n) is 3.86. The highest BCUT2D eigenvalue weighted by Gasteiger charge is 2.46. The highest BCUT2D eigenvalue weighted by atomic mass is 79.9. The van der Waals surface area contributed by atoms with Gasteiger partial charge < -0.3 is 4.79 Å². The number of aromatic nitrogens is 1. The van der Waals surface area contributed by atoms with Crippen molar-refractivity contribution in [1.29, 1.82) is 0 Å². The Kier molecular flexibility index (Phi) is 1.76. The lowest BCUT2D eigenvalue weighted by atomic mass is 10.0. The summed E-state index contributed by atoms with van der Waals surface area (Å²) in [7, 11) is 0. The van der Waals surface area contributed by atoms with E-state index in [1.807, 2.05) is 12.1 Å². The first-order valence-corrected chi connectivity index (χ1v) is 4.65. The predicted molar refractivity (Wildman–Crippen MR) is 48.9 cm³/mol. The summed E-state index contributed by atoms with van der Waals surface area (Å²) in [5, 5.41) is 0. The van der Waals surface area contributed by atoms with Gasteiger partial charge in [0.05, 0.1) is 11.1 Å². The molecule has 2 nitrogen and oxygen atoms in total. The lowest BCUT2D eigenvalue weighted by molar-refractivity contribution is -0.110. The van der Waals surface area contributed by atoms with Crippen molar-refractivity contribution < 1.29 is 4.79 Å². The van der Waals surface area contributed by atoms with Gasteiger partial charge in [-0.1, -0.05) is 0 Å². The van der Waals surface area contributed by atoms with Crippen LogP contribution in [0.1, 0.15) is 18.5 Å². The van der Waals surface area contributed by atoms with E-state index in [-0.39, 0.29) is 5.41 Å². The molecule has 1 aliphatic rings. The van der Waals surface area contributed by atoms with Crippen molar-refractivity contribution in [2.45, 2.75) is 18.3 Å². The third kappa shape index (κ3) is 1.08. The fourth-order valence-corrected chi connectivity index (χ4v) is 1.95. The molecule has 3 heteroatoms. The van der Waals surface area contributed by atoms with Crippen molar-refractivity contribution >= 4 is 22.2 Å². The smallest absolute Gasteiger partial charge is 0.132 e. The highest BCUT2D eigenvalue weighted by Crippen LogP contribution is 2.47. The Labute approximate surface area is 79.1 Å². The summed E-state index contributed by atoms with van der Waals surface area (Å²) in [5.41, 5.74) is 0.625. The summed E-state index contributed by atoms with van der Waals surface area (Å²) < 4.78 is 0.939. The van der Waals surface area contributed by atoms with Gasteiger partial charge in [-0.2, -0.15) is 0 Å². The molecule has 0 amide bonds. The minimum absolute atomic E-state index is 0.264. The van der Waals surface area contributed by atoms with Crippen LogP contribution in [0.15, 0.2) is 22.8 Å². The van der Waals surface area contributed by atoms with E-state index in [1.165, 1.54) is 0 Å². The molecule has 12 heavy (non-hydrogen) atoms. The van der Waals surface area contributed by atoms with Crippen LogP contribution < -0.4 is 0 Å². The minimum atomic E-state index is -0.264. The molecule has 1 aromatic rings. The molecule has 1 saturated carbocycles. The summed E-state index contributed by atoms with van der Waals surface area (Å²) in [6, 6.07) is 3.78. The van der Waals surface area contributed by atoms with Gasteiger partial charge in [-0.15, -0.1) is 0 Å². The molecule has 0 aromatic carbocycles. The topological polar surface area (TPSA) is 30.0 Å². The maximum absolute atomic E-state index is 10.8. The molecule has 1 heterocycles. The number of hydrogen-bond donors (Lipinski definition) is 0. The van der Waals surface area contributed by atoms with Crippen molar-refractivity contribution in [1.82, 2.24) is 4.98 Å². The van der Waals surface area contributed by atoms with Crippen LogP contribution in [0.2, 0.25) is 0 Å². The first kappa shape index (κ1) is 7.92. The minimum Gasteiger partial charge on any atom is -0.302 e. The fourth-order valence-electron chi connectivity index (χ4n) is 1.30. The Morgan fingerprint density at radius 3 is 2.83 bits per heavy atom. The van der Waals surface area contributed by atoms with Gasteiger partial charge in [0.25, 0.3) is 0 Å². The van der Waals surface area contributed by atoms with Gasteiger partial charge in [0.1, 0.15) is 6.29 Å². The maximum Gasteiger partial charge on any atom is 0.132 e. The number of pyridine rings is 1. The summed E-state index contributed by atoms with van der Waals surface area (Å²) >= 11 is 3.39. The average molecular weight is 226 g/mol. The molecule has 0 N–H and O–H groups in total. The zero-order valence-electron chi connectivity index (χ0n) is 6.46. The van der Waals surface area contributed by atoms with Crippen LogP contribution in [0.3, 0.4) is 0 Å². The quantitative estimate of drug-likeness (QED) is 0.722. The Hall–Kier alpha value is -0.700. The van der Waals surface area contributed by atoms with Gasteiger partial charge in [0.15, 0.2) is 0 Å². The molecule has 62 valence electrons. The van der Waals surface area contributed by atoms with Gasteiger partial charge in [0.2, 0.25) is 0 Å². The molecule has 0 radical (unpaired) electrons. The summed E-state index contributed by atoms with van der Waals surface area (Å²) in [5.74, 6) is 0. The predicted octanol–water partition coefficient (Wildman–Crippen LogP) is 2.07. The lowest BCUT2D eigenvalue weighted by Crippen LogP contribution is -2.10. The SMILES string of the molecule is O=CC1(c2ncccc2Br)CC1. The van der Waals surface area contributed by atoms with Crippen molar-refractivity contribution in [2.75, 3.05) is 0 Å². The highest BCUT2D eigenvalue weighted by molar-refractivity contribution is 9.10. The number of halogens is 1. The van der Waals surface area contributed by atoms with E-state index < -0.39 is 0 Å². The Balaban J connectivity index is 2.46. The summed E-state index contributed by atoms with van der Waals surface area (Å²) in [6.07, 6.45) is 4.61. The van der Waals surface area contributed by atoms with E-state index in [9.17, 15) is 4.79 Å². The molecule has 0 spiro atoms. The second-order valence-electron chi connectivity index (χ2n) is 3.11. The summed E-state index contributed by atoms with van der Waals surface area (Å²) in [4.78, 5) is 15.0. The van der Waals surface area contributed by atoms with Crippen LogP contribution in [-0.2, 0) is 10.2 Å². The average Bonchev–Trinajstić information content (AvgIpc) is 2.86. The Bertz CT molecular complexity index is 320. The van der Waals surface area contributed by atoms with Crippen LogP contribution in [0.4, 0.5) is 0 Å². The van der Waals surface area contributed by atoms with Gasteiger partial charge in [-0.3, -0.25) is 4.98 Å². The van der Waals surface area contributed by atoms with Crippen LogP contribution in [0.5, 0.6) is 0 Å². The standard InChI is InChI=1S/C9H8BrNO/c10-7-2-1-5-11-8(7)9(6-12)3-4-9/h1-2,5-6H,3-4H2. The monoisotopic (exact) mass is 225 g/mol. The van der Waals surface area contributed by atoms with E-state index in [0.717, 1.165) is 29.3 Å². The van der Waals surface area contributed by atoms with Gasteiger partial charge in [-0.05, 0) is 40.9 Å². The lowest BCUT2D eigenvalue weighted by Gasteiger charge is -2.07. The zero-order valence-corrected chi connectivity index (χ0v) is 8.04. The molecule has 1 aromatic heterocycles. The normalized spacial score (nSPS) is 18.8. The van der Waals surface area contributed by atoms with E-state index in [1.54, 1.807) is 6.20 Å². The van der Waals surface area contributed by atoms with Crippen LogP contribution >= 0.6 is 15.9 Å². The molecule has 0 atom stereocenters. The first-order chi connectivity index (χ1) is 5.78. The number of carbonyl (C=O) groups excluding carboxylic acids is 1. The van der Waals surface area contributed by atoms with E-state index in [4.69, 9.17) is 0 Å². The van der Waals surface area contributed by atoms with Gasteiger partial charge >= 0.3 is 0 Å². The van der Waals surface area contributed by atoms with Crippen molar-refractivity contribution in [3.8, 4) is 0 Å². The Morgan fingerprint density at radius 1 is 1.58 bits per heavy atom. The van der Waals surface area contributed by atoms with E-state index in [2.05, 4.69) is 20.9 Å². The number of aldehydes is 1. The fraction of sp³-hybridized carbons (Fsp3) is 0.333. The molecular weight excluding hydrogens is 218 g/mol. The van der Waals surface area contributed by atoms with E-state index in [0.29, 0.717) is 0 Å². The van der Waals surface area contributed by atoms with Crippen LogP contribution in [-0.4, -0.2) is 11.3 Å². The van der Waals surface area contributed by atoms with E-state index >= 15 is 0 Å². The molecular formula is C9H8BrNO. The molecule has 1 aliphatic carbocycles. The third-order valence-corrected chi connectivity index (χ3v) is 2.88. The second-order valence-corrected chi connectivity index (χ2v) is 3.96. The van der Waals surface area contributed by atoms with Crippen LogP contribution in [0, 0.1) is 0 Å². The molecule has 1 fully saturated rings. The molecule has 0 bridgehead atoms. The van der Waals surface area contributed by atoms with Crippen molar-refractivity contribution in [3.63, 3.8) is 0 Å². The van der Waals surface area contributed by atoms with Crippen LogP contribution in [0.25, 0.3) is 0 Å².